The van der Waals surface area contributed by atoms with Crippen molar-refractivity contribution >= 4 is 62.3 Å². The molecule has 2 aromatic heterocycles. The summed E-state index contributed by atoms with van der Waals surface area (Å²) >= 11 is 15.5. The van der Waals surface area contributed by atoms with Crippen molar-refractivity contribution in [2.45, 2.75) is 6.42 Å². The first-order valence-corrected chi connectivity index (χ1v) is 10.1. The number of halogens is 3. The minimum atomic E-state index is -0.366. The molecule has 6 nitrogen and oxygen atoms in total. The van der Waals surface area contributed by atoms with Crippen molar-refractivity contribution in [3.63, 3.8) is 0 Å². The van der Waals surface area contributed by atoms with Crippen molar-refractivity contribution in [3.8, 4) is 11.3 Å². The topological polar surface area (TPSA) is 75.2 Å². The lowest BCUT2D eigenvalue weighted by Gasteiger charge is -2.22. The van der Waals surface area contributed by atoms with Gasteiger partial charge in [0, 0.05) is 28.1 Å². The van der Waals surface area contributed by atoms with Gasteiger partial charge in [-0.25, -0.2) is 4.98 Å². The van der Waals surface area contributed by atoms with Crippen LogP contribution in [0.2, 0.25) is 10.2 Å². The molecule has 0 bridgehead atoms. The number of fused-ring (bicyclic) bond motifs is 3. The van der Waals surface area contributed by atoms with E-state index in [-0.39, 0.29) is 29.9 Å². The number of carbonyl (C=O) groups is 2. The fraction of sp³-hybridized carbons (Fsp3) is 0.100. The van der Waals surface area contributed by atoms with Crippen molar-refractivity contribution < 1.29 is 9.59 Å². The minimum absolute atomic E-state index is 0.118. The lowest BCUT2D eigenvalue weighted by atomic mass is 10.1. The summed E-state index contributed by atoms with van der Waals surface area (Å²) in [6.45, 7) is -0.187. The summed E-state index contributed by atoms with van der Waals surface area (Å²) < 4.78 is 0.723. The van der Waals surface area contributed by atoms with Gasteiger partial charge < -0.3 is 10.2 Å². The molecule has 4 rings (SSSR count). The van der Waals surface area contributed by atoms with E-state index in [1.54, 1.807) is 42.7 Å². The third kappa shape index (κ3) is 4.12. The summed E-state index contributed by atoms with van der Waals surface area (Å²) in [4.78, 5) is 35.6. The van der Waals surface area contributed by atoms with E-state index in [1.165, 1.54) is 4.90 Å². The molecule has 0 atom stereocenters. The first-order chi connectivity index (χ1) is 13.9. The lowest BCUT2D eigenvalue weighted by Crippen LogP contribution is -2.38. The van der Waals surface area contributed by atoms with Crippen LogP contribution in [-0.2, 0) is 16.0 Å². The quantitative estimate of drug-likeness (QED) is 0.537. The van der Waals surface area contributed by atoms with Crippen LogP contribution < -0.4 is 10.2 Å². The zero-order valence-electron chi connectivity index (χ0n) is 14.8. The molecule has 1 aliphatic rings. The van der Waals surface area contributed by atoms with Crippen LogP contribution in [0.15, 0.2) is 53.3 Å². The van der Waals surface area contributed by atoms with Crippen molar-refractivity contribution in [1.29, 1.82) is 0 Å². The van der Waals surface area contributed by atoms with Crippen molar-refractivity contribution in [2.24, 2.45) is 0 Å². The fourth-order valence-corrected chi connectivity index (χ4v) is 3.71. The van der Waals surface area contributed by atoms with Gasteiger partial charge in [-0.1, -0.05) is 29.3 Å². The smallest absolute Gasteiger partial charge is 0.244 e. The summed E-state index contributed by atoms with van der Waals surface area (Å²) in [7, 11) is 0. The second kappa shape index (κ2) is 8.10. The van der Waals surface area contributed by atoms with E-state index in [0.717, 1.165) is 10.0 Å². The molecule has 3 heterocycles. The van der Waals surface area contributed by atoms with Crippen LogP contribution in [0.4, 0.5) is 11.4 Å². The van der Waals surface area contributed by atoms with E-state index in [0.29, 0.717) is 27.7 Å². The van der Waals surface area contributed by atoms with E-state index in [2.05, 4.69) is 31.2 Å². The largest absolute Gasteiger partial charge is 0.324 e. The summed E-state index contributed by atoms with van der Waals surface area (Å²) in [6.07, 6.45) is 3.34. The Labute approximate surface area is 185 Å². The first-order valence-electron chi connectivity index (χ1n) is 8.57. The monoisotopic (exact) mass is 490 g/mol. The van der Waals surface area contributed by atoms with Gasteiger partial charge in [0.25, 0.3) is 0 Å². The molecule has 29 heavy (non-hydrogen) atoms. The van der Waals surface area contributed by atoms with Gasteiger partial charge in [-0.15, -0.1) is 0 Å². The predicted molar refractivity (Wildman–Crippen MR) is 116 cm³/mol. The third-order valence-electron chi connectivity index (χ3n) is 4.43. The number of hydrogen-bond donors (Lipinski definition) is 1. The average Bonchev–Trinajstić information content (AvgIpc) is 2.80. The summed E-state index contributed by atoms with van der Waals surface area (Å²) in [5.74, 6) is -0.598. The highest BCUT2D eigenvalue weighted by atomic mass is 79.9. The van der Waals surface area contributed by atoms with E-state index in [1.807, 2.05) is 6.07 Å². The molecule has 0 saturated heterocycles. The minimum Gasteiger partial charge on any atom is -0.324 e. The van der Waals surface area contributed by atoms with E-state index < -0.39 is 0 Å². The molecular weight excluding hydrogens is 479 g/mol. The molecule has 1 aliphatic heterocycles. The van der Waals surface area contributed by atoms with Gasteiger partial charge in [-0.3, -0.25) is 14.6 Å². The highest BCUT2D eigenvalue weighted by Crippen LogP contribution is 2.36. The maximum Gasteiger partial charge on any atom is 0.244 e. The van der Waals surface area contributed by atoms with Gasteiger partial charge in [-0.05, 0) is 51.8 Å². The number of hydrogen-bond acceptors (Lipinski definition) is 4. The second-order valence-corrected chi connectivity index (χ2v) is 8.02. The number of carbonyl (C=O) groups excluding carboxylic acids is 2. The number of benzene rings is 1. The zero-order chi connectivity index (χ0) is 20.5. The lowest BCUT2D eigenvalue weighted by molar-refractivity contribution is -0.121. The number of nitrogens with one attached hydrogen (secondary N) is 1. The van der Waals surface area contributed by atoms with Gasteiger partial charge in [0.15, 0.2) is 0 Å². The first kappa shape index (κ1) is 19.8. The number of anilines is 2. The van der Waals surface area contributed by atoms with Crippen LogP contribution in [0.1, 0.15) is 5.56 Å². The number of nitrogens with zero attached hydrogens (tertiary/aromatic N) is 3. The predicted octanol–water partition coefficient (Wildman–Crippen LogP) is 4.74. The number of rotatable bonds is 3. The number of pyridine rings is 2. The summed E-state index contributed by atoms with van der Waals surface area (Å²) in [5, 5.41) is 3.46. The zero-order valence-corrected chi connectivity index (χ0v) is 17.9. The molecule has 0 saturated carbocycles. The molecule has 1 aromatic carbocycles. The normalized spacial score (nSPS) is 12.8. The maximum absolute atomic E-state index is 13.0. The SMILES string of the molecule is O=C(CN1C(=O)Cc2cccnc2-c2cnc(Cl)cc21)Nc1ccc(Br)c(Cl)c1. The van der Waals surface area contributed by atoms with Gasteiger partial charge in [-0.2, -0.15) is 0 Å². The Balaban J connectivity index is 1.66. The fourth-order valence-electron chi connectivity index (χ4n) is 3.13. The third-order valence-corrected chi connectivity index (χ3v) is 5.87. The molecule has 0 radical (unpaired) electrons. The standard InChI is InChI=1S/C20H13BrCl2N4O2/c21-14-4-3-12(7-15(14)22)26-18(28)10-27-16-8-17(23)25-9-13(16)20-11(6-19(27)29)2-1-5-24-20/h1-5,7-9H,6,10H2,(H,26,28). The number of amides is 2. The second-order valence-electron chi connectivity index (χ2n) is 6.37. The van der Waals surface area contributed by atoms with Gasteiger partial charge in [0.1, 0.15) is 11.7 Å². The highest BCUT2D eigenvalue weighted by molar-refractivity contribution is 9.10. The molecule has 146 valence electrons. The summed E-state index contributed by atoms with van der Waals surface area (Å²) in [6, 6.07) is 10.3. The molecule has 2 amide bonds. The Morgan fingerprint density at radius 3 is 2.83 bits per heavy atom. The molecule has 0 aliphatic carbocycles. The molecular formula is C20H13BrCl2N4O2. The summed E-state index contributed by atoms with van der Waals surface area (Å²) in [5.41, 5.74) is 3.10. The van der Waals surface area contributed by atoms with Gasteiger partial charge in [0.2, 0.25) is 11.8 Å². The van der Waals surface area contributed by atoms with Crippen molar-refractivity contribution in [2.75, 3.05) is 16.8 Å². The number of aromatic nitrogens is 2. The van der Waals surface area contributed by atoms with Crippen LogP contribution in [0.25, 0.3) is 11.3 Å². The van der Waals surface area contributed by atoms with Crippen LogP contribution in [0.3, 0.4) is 0 Å². The van der Waals surface area contributed by atoms with E-state index in [4.69, 9.17) is 23.2 Å². The van der Waals surface area contributed by atoms with E-state index in [9.17, 15) is 9.59 Å². The maximum atomic E-state index is 13.0. The van der Waals surface area contributed by atoms with Gasteiger partial charge >= 0.3 is 0 Å². The Kier molecular flexibility index (Phi) is 5.54. The van der Waals surface area contributed by atoms with Gasteiger partial charge in [0.05, 0.1) is 22.8 Å². The van der Waals surface area contributed by atoms with Crippen LogP contribution in [0.5, 0.6) is 0 Å². The Morgan fingerprint density at radius 1 is 1.21 bits per heavy atom. The van der Waals surface area contributed by atoms with Crippen molar-refractivity contribution in [1.82, 2.24) is 9.97 Å². The van der Waals surface area contributed by atoms with E-state index >= 15 is 0 Å². The molecule has 0 fully saturated rings. The molecule has 1 N–H and O–H groups in total. The molecule has 0 spiro atoms. The van der Waals surface area contributed by atoms with Crippen molar-refractivity contribution in [3.05, 3.63) is 69.0 Å². The Bertz CT molecular complexity index is 1140. The molecule has 3 aromatic rings. The van der Waals surface area contributed by atoms with Crippen LogP contribution in [0, 0.1) is 0 Å². The Morgan fingerprint density at radius 2 is 2.03 bits per heavy atom. The molecule has 0 unspecified atom stereocenters. The highest BCUT2D eigenvalue weighted by Gasteiger charge is 2.28. The van der Waals surface area contributed by atoms with Crippen LogP contribution in [-0.4, -0.2) is 28.3 Å². The van der Waals surface area contributed by atoms with Crippen LogP contribution >= 0.6 is 39.1 Å². The Hall–Kier alpha value is -2.48. The molecule has 9 heteroatoms. The average molecular weight is 492 g/mol.